The van der Waals surface area contributed by atoms with Crippen LogP contribution >= 0.6 is 11.3 Å². The first kappa shape index (κ1) is 19.7. The van der Waals surface area contributed by atoms with E-state index in [-0.39, 0.29) is 33.3 Å². The van der Waals surface area contributed by atoms with Gasteiger partial charge in [-0.25, -0.2) is 13.8 Å². The van der Waals surface area contributed by atoms with Crippen LogP contribution in [0.1, 0.15) is 27.5 Å². The number of furan rings is 1. The number of pyridine rings is 1. The Bertz CT molecular complexity index is 1250. The minimum atomic E-state index is -2.83. The smallest absolute Gasteiger partial charge is 0.280 e. The molecular weight excluding hydrogens is 416 g/mol. The Morgan fingerprint density at radius 3 is 2.77 bits per heavy atom. The van der Waals surface area contributed by atoms with E-state index in [0.717, 1.165) is 17.0 Å². The molecule has 4 aromatic heterocycles. The SMILES string of the molecule is Cc1ccnn1CC(=O)Nc1c(C(N)=O)sc2nc(C(F)F)cc(-c3ccco3)c12. The van der Waals surface area contributed by atoms with Crippen LogP contribution in [0.3, 0.4) is 0 Å². The maximum Gasteiger partial charge on any atom is 0.280 e. The molecule has 0 fully saturated rings. The lowest BCUT2D eigenvalue weighted by atomic mass is 10.1. The van der Waals surface area contributed by atoms with Gasteiger partial charge in [0.15, 0.2) is 0 Å². The van der Waals surface area contributed by atoms with Crippen molar-refractivity contribution in [3.63, 3.8) is 0 Å². The van der Waals surface area contributed by atoms with E-state index >= 15 is 0 Å². The highest BCUT2D eigenvalue weighted by Crippen LogP contribution is 2.42. The summed E-state index contributed by atoms with van der Waals surface area (Å²) in [4.78, 5) is 28.8. The second-order valence-corrected chi connectivity index (χ2v) is 7.40. The molecule has 2 amide bonds. The van der Waals surface area contributed by atoms with Gasteiger partial charge >= 0.3 is 0 Å². The Morgan fingerprint density at radius 1 is 1.37 bits per heavy atom. The van der Waals surface area contributed by atoms with Crippen LogP contribution in [0, 0.1) is 6.92 Å². The van der Waals surface area contributed by atoms with Gasteiger partial charge in [-0.2, -0.15) is 5.10 Å². The average molecular weight is 431 g/mol. The molecule has 4 rings (SSSR count). The van der Waals surface area contributed by atoms with Gasteiger partial charge in [-0.3, -0.25) is 14.3 Å². The highest BCUT2D eigenvalue weighted by molar-refractivity contribution is 7.21. The van der Waals surface area contributed by atoms with Gasteiger partial charge in [-0.05, 0) is 31.2 Å². The minimum Gasteiger partial charge on any atom is -0.464 e. The van der Waals surface area contributed by atoms with Gasteiger partial charge in [-0.1, -0.05) is 0 Å². The third-order valence-electron chi connectivity index (χ3n) is 4.40. The molecule has 0 aromatic carbocycles. The first-order valence-electron chi connectivity index (χ1n) is 8.72. The van der Waals surface area contributed by atoms with Crippen LogP contribution in [-0.4, -0.2) is 26.6 Å². The average Bonchev–Trinajstić information content (AvgIpc) is 3.42. The van der Waals surface area contributed by atoms with Crippen molar-refractivity contribution in [1.29, 1.82) is 0 Å². The van der Waals surface area contributed by atoms with E-state index in [1.54, 1.807) is 31.3 Å². The number of carbonyl (C=O) groups is 2. The van der Waals surface area contributed by atoms with Crippen molar-refractivity contribution in [2.24, 2.45) is 5.73 Å². The predicted octanol–water partition coefficient (Wildman–Crippen LogP) is 3.74. The van der Waals surface area contributed by atoms with Gasteiger partial charge in [-0.15, -0.1) is 11.3 Å². The number of rotatable bonds is 6. The molecule has 0 unspecified atom stereocenters. The molecular formula is C19H15F2N5O3S. The van der Waals surface area contributed by atoms with E-state index in [1.165, 1.54) is 17.0 Å². The number of fused-ring (bicyclic) bond motifs is 1. The summed E-state index contributed by atoms with van der Waals surface area (Å²) in [6.45, 7) is 1.69. The summed E-state index contributed by atoms with van der Waals surface area (Å²) in [6, 6.07) is 6.11. The topological polar surface area (TPSA) is 116 Å². The number of thiophene rings is 1. The number of primary amides is 1. The Labute approximate surface area is 172 Å². The molecule has 0 saturated carbocycles. The van der Waals surface area contributed by atoms with Crippen molar-refractivity contribution in [3.05, 3.63) is 53.0 Å². The molecule has 4 aromatic rings. The lowest BCUT2D eigenvalue weighted by Gasteiger charge is -2.10. The number of carbonyl (C=O) groups excluding carboxylic acids is 2. The Kier molecular flexibility index (Phi) is 5.04. The summed E-state index contributed by atoms with van der Waals surface area (Å²) in [5, 5.41) is 7.03. The molecule has 30 heavy (non-hydrogen) atoms. The van der Waals surface area contributed by atoms with Gasteiger partial charge < -0.3 is 15.5 Å². The fraction of sp³-hybridized carbons (Fsp3) is 0.158. The molecule has 0 aliphatic heterocycles. The van der Waals surface area contributed by atoms with Gasteiger partial charge in [0.25, 0.3) is 12.3 Å². The number of alkyl halides is 2. The van der Waals surface area contributed by atoms with Crippen LogP contribution in [0.2, 0.25) is 0 Å². The predicted molar refractivity (Wildman–Crippen MR) is 106 cm³/mol. The van der Waals surface area contributed by atoms with Crippen molar-refractivity contribution in [1.82, 2.24) is 14.8 Å². The zero-order chi connectivity index (χ0) is 21.4. The lowest BCUT2D eigenvalue weighted by molar-refractivity contribution is -0.116. The number of nitrogens with zero attached hydrogens (tertiary/aromatic N) is 3. The molecule has 0 spiro atoms. The molecule has 0 saturated heterocycles. The van der Waals surface area contributed by atoms with Crippen LogP contribution < -0.4 is 11.1 Å². The summed E-state index contributed by atoms with van der Waals surface area (Å²) in [7, 11) is 0. The Hall–Kier alpha value is -3.60. The largest absolute Gasteiger partial charge is 0.464 e. The van der Waals surface area contributed by atoms with Crippen molar-refractivity contribution in [2.75, 3.05) is 5.32 Å². The highest BCUT2D eigenvalue weighted by Gasteiger charge is 2.25. The number of aryl methyl sites for hydroxylation is 1. The Morgan fingerprint density at radius 2 is 2.17 bits per heavy atom. The normalized spacial score (nSPS) is 11.3. The summed E-state index contributed by atoms with van der Waals surface area (Å²) in [5.41, 5.74) is 6.16. The summed E-state index contributed by atoms with van der Waals surface area (Å²) < 4.78 is 33.6. The van der Waals surface area contributed by atoms with Gasteiger partial charge in [0.05, 0.1) is 12.0 Å². The fourth-order valence-corrected chi connectivity index (χ4v) is 4.04. The molecule has 0 aliphatic carbocycles. The van der Waals surface area contributed by atoms with E-state index in [9.17, 15) is 18.4 Å². The van der Waals surface area contributed by atoms with Gasteiger partial charge in [0.1, 0.15) is 27.7 Å². The van der Waals surface area contributed by atoms with E-state index in [1.807, 2.05) is 0 Å². The number of aromatic nitrogens is 3. The van der Waals surface area contributed by atoms with E-state index in [0.29, 0.717) is 5.39 Å². The summed E-state index contributed by atoms with van der Waals surface area (Å²) in [6.07, 6.45) is 0.120. The zero-order valence-corrected chi connectivity index (χ0v) is 16.4. The molecule has 0 atom stereocenters. The number of amides is 2. The number of hydrogen-bond acceptors (Lipinski definition) is 6. The van der Waals surface area contributed by atoms with Crippen LogP contribution in [0.15, 0.2) is 41.1 Å². The molecule has 154 valence electrons. The van der Waals surface area contributed by atoms with Crippen molar-refractivity contribution >= 4 is 39.1 Å². The monoisotopic (exact) mass is 431 g/mol. The fourth-order valence-electron chi connectivity index (χ4n) is 3.03. The molecule has 0 aliphatic rings. The maximum absolute atomic E-state index is 13.4. The van der Waals surface area contributed by atoms with Crippen LogP contribution in [0.5, 0.6) is 0 Å². The first-order valence-corrected chi connectivity index (χ1v) is 9.54. The minimum absolute atomic E-state index is 0.00209. The summed E-state index contributed by atoms with van der Waals surface area (Å²) >= 11 is 0.830. The third-order valence-corrected chi connectivity index (χ3v) is 5.50. The van der Waals surface area contributed by atoms with Crippen LogP contribution in [0.25, 0.3) is 21.5 Å². The zero-order valence-electron chi connectivity index (χ0n) is 15.6. The molecule has 3 N–H and O–H groups in total. The standard InChI is InChI=1S/C19H15F2N5O3S/c1-9-4-5-23-26(9)8-13(27)25-15-14-10(12-3-2-6-29-12)7-11(17(20)21)24-19(14)30-16(15)18(22)28/h2-7,17H,8H2,1H3,(H2,22,28)(H,25,27). The van der Waals surface area contributed by atoms with Crippen LogP contribution in [-0.2, 0) is 11.3 Å². The van der Waals surface area contributed by atoms with E-state index in [4.69, 9.17) is 10.2 Å². The summed E-state index contributed by atoms with van der Waals surface area (Å²) in [5.74, 6) is -0.989. The Balaban J connectivity index is 1.87. The lowest BCUT2D eigenvalue weighted by Crippen LogP contribution is -2.22. The van der Waals surface area contributed by atoms with Crippen LogP contribution in [0.4, 0.5) is 14.5 Å². The van der Waals surface area contributed by atoms with Crippen molar-refractivity contribution < 1.29 is 22.8 Å². The number of nitrogens with one attached hydrogen (secondary N) is 1. The van der Waals surface area contributed by atoms with E-state index < -0.39 is 23.9 Å². The number of halogens is 2. The maximum atomic E-state index is 13.4. The number of nitrogens with two attached hydrogens (primary N) is 1. The molecule has 0 radical (unpaired) electrons. The molecule has 8 nitrogen and oxygen atoms in total. The van der Waals surface area contributed by atoms with Crippen molar-refractivity contribution in [2.45, 2.75) is 19.9 Å². The van der Waals surface area contributed by atoms with Crippen molar-refractivity contribution in [3.8, 4) is 11.3 Å². The molecule has 0 bridgehead atoms. The number of anilines is 1. The molecule has 11 heteroatoms. The highest BCUT2D eigenvalue weighted by atomic mass is 32.1. The number of hydrogen-bond donors (Lipinski definition) is 2. The third kappa shape index (κ3) is 3.54. The van der Waals surface area contributed by atoms with E-state index in [2.05, 4.69) is 15.4 Å². The quantitative estimate of drug-likeness (QED) is 0.482. The second-order valence-electron chi connectivity index (χ2n) is 6.40. The second kappa shape index (κ2) is 7.67. The van der Waals surface area contributed by atoms with Gasteiger partial charge in [0.2, 0.25) is 5.91 Å². The molecule has 4 heterocycles. The van der Waals surface area contributed by atoms with Gasteiger partial charge in [0, 0.05) is 22.8 Å². The first-order chi connectivity index (χ1) is 14.3.